The van der Waals surface area contributed by atoms with Crippen molar-refractivity contribution < 1.29 is 0 Å². The summed E-state index contributed by atoms with van der Waals surface area (Å²) in [6.45, 7) is 7.94. The SMILES string of the molecule is CC(CCN=C(N)N1CCCCC1)N1CCCCC1.I. The number of rotatable bonds is 4. The molecule has 2 N–H and O–H groups in total. The Morgan fingerprint density at radius 2 is 1.55 bits per heavy atom. The number of nitrogens with zero attached hydrogens (tertiary/aromatic N) is 3. The lowest BCUT2D eigenvalue weighted by molar-refractivity contribution is 0.168. The van der Waals surface area contributed by atoms with E-state index in [9.17, 15) is 0 Å². The number of guanidine groups is 1. The zero-order valence-corrected chi connectivity index (χ0v) is 15.2. The van der Waals surface area contributed by atoms with Crippen LogP contribution in [0.5, 0.6) is 0 Å². The summed E-state index contributed by atoms with van der Waals surface area (Å²) in [5.74, 6) is 0.769. The van der Waals surface area contributed by atoms with Crippen LogP contribution in [0.2, 0.25) is 0 Å². The van der Waals surface area contributed by atoms with Crippen LogP contribution >= 0.6 is 24.0 Å². The molecule has 2 aliphatic rings. The van der Waals surface area contributed by atoms with E-state index in [4.69, 9.17) is 5.73 Å². The molecule has 118 valence electrons. The molecule has 0 bridgehead atoms. The van der Waals surface area contributed by atoms with Crippen molar-refractivity contribution in [2.75, 3.05) is 32.7 Å². The lowest BCUT2D eigenvalue weighted by atomic mass is 10.1. The van der Waals surface area contributed by atoms with Gasteiger partial charge in [0, 0.05) is 25.7 Å². The quantitative estimate of drug-likeness (QED) is 0.453. The van der Waals surface area contributed by atoms with Crippen molar-refractivity contribution in [3.63, 3.8) is 0 Å². The molecule has 0 spiro atoms. The maximum Gasteiger partial charge on any atom is 0.191 e. The van der Waals surface area contributed by atoms with E-state index in [0.29, 0.717) is 6.04 Å². The first-order chi connectivity index (χ1) is 9.27. The van der Waals surface area contributed by atoms with Gasteiger partial charge in [-0.25, -0.2) is 0 Å². The normalized spacial score (nSPS) is 23.2. The van der Waals surface area contributed by atoms with Gasteiger partial charge in [-0.1, -0.05) is 6.42 Å². The zero-order valence-electron chi connectivity index (χ0n) is 12.9. The van der Waals surface area contributed by atoms with E-state index in [1.54, 1.807) is 0 Å². The van der Waals surface area contributed by atoms with Crippen LogP contribution in [0.4, 0.5) is 0 Å². The maximum absolute atomic E-state index is 6.08. The molecule has 0 aliphatic carbocycles. The molecule has 0 aromatic rings. The first-order valence-corrected chi connectivity index (χ1v) is 8.06. The third-order valence-corrected chi connectivity index (χ3v) is 4.51. The summed E-state index contributed by atoms with van der Waals surface area (Å²) in [6.07, 6.45) is 9.14. The Kier molecular flexibility index (Phi) is 8.84. The van der Waals surface area contributed by atoms with Crippen molar-refractivity contribution in [1.82, 2.24) is 9.80 Å². The monoisotopic (exact) mass is 394 g/mol. The van der Waals surface area contributed by atoms with Gasteiger partial charge in [0.1, 0.15) is 0 Å². The Bertz CT molecular complexity index is 284. The molecule has 1 unspecified atom stereocenters. The molecule has 1 atom stereocenters. The van der Waals surface area contributed by atoms with Crippen LogP contribution in [0.25, 0.3) is 0 Å². The van der Waals surface area contributed by atoms with Gasteiger partial charge in [0.2, 0.25) is 0 Å². The number of nitrogens with two attached hydrogens (primary N) is 1. The van der Waals surface area contributed by atoms with Gasteiger partial charge in [0.05, 0.1) is 0 Å². The molecule has 5 heteroatoms. The standard InChI is InChI=1S/C15H30N4.HI/c1-14(18-10-4-2-5-11-18)8-9-17-15(16)19-12-6-3-7-13-19;/h14H,2-13H2,1H3,(H2,16,17);1H. The molecule has 0 saturated carbocycles. The molecule has 0 aromatic heterocycles. The van der Waals surface area contributed by atoms with Gasteiger partial charge < -0.3 is 15.5 Å². The number of likely N-dealkylation sites (tertiary alicyclic amines) is 2. The second-order valence-electron chi connectivity index (χ2n) is 6.02. The summed E-state index contributed by atoms with van der Waals surface area (Å²) < 4.78 is 0. The third kappa shape index (κ3) is 5.76. The predicted octanol–water partition coefficient (Wildman–Crippen LogP) is 2.67. The largest absolute Gasteiger partial charge is 0.370 e. The molecular formula is C15H31IN4. The van der Waals surface area contributed by atoms with Gasteiger partial charge in [0.25, 0.3) is 0 Å². The van der Waals surface area contributed by atoms with Crippen molar-refractivity contribution in [3.05, 3.63) is 0 Å². The van der Waals surface area contributed by atoms with Crippen LogP contribution in [-0.2, 0) is 0 Å². The minimum absolute atomic E-state index is 0. The van der Waals surface area contributed by atoms with Crippen molar-refractivity contribution in [1.29, 1.82) is 0 Å². The Hall–Kier alpha value is -0.0400. The summed E-state index contributed by atoms with van der Waals surface area (Å²) in [6, 6.07) is 0.651. The average molecular weight is 394 g/mol. The molecule has 20 heavy (non-hydrogen) atoms. The number of halogens is 1. The summed E-state index contributed by atoms with van der Waals surface area (Å²) in [5.41, 5.74) is 6.08. The first kappa shape index (κ1) is 18.0. The highest BCUT2D eigenvalue weighted by atomic mass is 127. The second kappa shape index (κ2) is 9.82. The van der Waals surface area contributed by atoms with E-state index in [-0.39, 0.29) is 24.0 Å². The minimum Gasteiger partial charge on any atom is -0.370 e. The average Bonchev–Trinajstić information content (AvgIpc) is 2.49. The summed E-state index contributed by atoms with van der Waals surface area (Å²) in [4.78, 5) is 9.43. The van der Waals surface area contributed by atoms with Gasteiger partial charge in [-0.3, -0.25) is 4.99 Å². The summed E-state index contributed by atoms with van der Waals surface area (Å²) in [7, 11) is 0. The van der Waals surface area contributed by atoms with Crippen LogP contribution in [0.3, 0.4) is 0 Å². The number of aliphatic imine (C=N–C) groups is 1. The number of hydrogen-bond acceptors (Lipinski definition) is 2. The lowest BCUT2D eigenvalue weighted by Crippen LogP contribution is -2.41. The van der Waals surface area contributed by atoms with E-state index < -0.39 is 0 Å². The Morgan fingerprint density at radius 3 is 2.15 bits per heavy atom. The fourth-order valence-corrected chi connectivity index (χ4v) is 3.13. The fraction of sp³-hybridized carbons (Fsp3) is 0.933. The topological polar surface area (TPSA) is 44.9 Å². The van der Waals surface area contributed by atoms with Crippen LogP contribution in [-0.4, -0.2) is 54.5 Å². The van der Waals surface area contributed by atoms with E-state index in [0.717, 1.165) is 32.0 Å². The Labute approximate surface area is 141 Å². The molecule has 4 nitrogen and oxygen atoms in total. The Morgan fingerprint density at radius 1 is 1.00 bits per heavy atom. The molecule has 2 rings (SSSR count). The molecule has 0 aromatic carbocycles. The van der Waals surface area contributed by atoms with Crippen LogP contribution in [0, 0.1) is 0 Å². The van der Waals surface area contributed by atoms with Crippen molar-refractivity contribution in [2.24, 2.45) is 10.7 Å². The zero-order chi connectivity index (χ0) is 13.5. The number of piperidine rings is 2. The van der Waals surface area contributed by atoms with Crippen LogP contribution in [0.15, 0.2) is 4.99 Å². The molecule has 2 saturated heterocycles. The van der Waals surface area contributed by atoms with Gasteiger partial charge >= 0.3 is 0 Å². The first-order valence-electron chi connectivity index (χ1n) is 8.06. The highest BCUT2D eigenvalue weighted by Gasteiger charge is 2.16. The molecule has 0 radical (unpaired) electrons. The second-order valence-corrected chi connectivity index (χ2v) is 6.02. The van der Waals surface area contributed by atoms with Gasteiger partial charge in [-0.15, -0.1) is 24.0 Å². The smallest absolute Gasteiger partial charge is 0.191 e. The molecule has 2 fully saturated rings. The van der Waals surface area contributed by atoms with E-state index in [2.05, 4.69) is 21.7 Å². The van der Waals surface area contributed by atoms with Gasteiger partial charge in [0.15, 0.2) is 5.96 Å². The molecule has 0 amide bonds. The maximum atomic E-state index is 6.08. The van der Waals surface area contributed by atoms with E-state index in [1.165, 1.54) is 51.6 Å². The summed E-state index contributed by atoms with van der Waals surface area (Å²) in [5, 5.41) is 0. The predicted molar refractivity (Wildman–Crippen MR) is 96.8 cm³/mol. The highest BCUT2D eigenvalue weighted by Crippen LogP contribution is 2.14. The van der Waals surface area contributed by atoms with Crippen LogP contribution < -0.4 is 5.73 Å². The molecule has 2 aliphatic heterocycles. The van der Waals surface area contributed by atoms with Crippen LogP contribution in [0.1, 0.15) is 51.9 Å². The molecular weight excluding hydrogens is 363 g/mol. The lowest BCUT2D eigenvalue weighted by Gasteiger charge is -2.32. The van der Waals surface area contributed by atoms with Gasteiger partial charge in [-0.05, 0) is 58.5 Å². The highest BCUT2D eigenvalue weighted by molar-refractivity contribution is 14.0. The van der Waals surface area contributed by atoms with Crippen molar-refractivity contribution >= 4 is 29.9 Å². The molecule has 2 heterocycles. The van der Waals surface area contributed by atoms with E-state index in [1.807, 2.05) is 0 Å². The van der Waals surface area contributed by atoms with Crippen molar-refractivity contribution in [3.8, 4) is 0 Å². The fourth-order valence-electron chi connectivity index (χ4n) is 3.13. The summed E-state index contributed by atoms with van der Waals surface area (Å²) >= 11 is 0. The number of hydrogen-bond donors (Lipinski definition) is 1. The minimum atomic E-state index is 0. The van der Waals surface area contributed by atoms with E-state index >= 15 is 0 Å². The third-order valence-electron chi connectivity index (χ3n) is 4.51. The van der Waals surface area contributed by atoms with Gasteiger partial charge in [-0.2, -0.15) is 0 Å². The van der Waals surface area contributed by atoms with Crippen molar-refractivity contribution in [2.45, 2.75) is 57.9 Å². The Balaban J connectivity index is 0.00000200.